The topological polar surface area (TPSA) is 144 Å². The number of aliphatic hydroxyl groups is 1. The predicted molar refractivity (Wildman–Crippen MR) is 130 cm³/mol. The van der Waals surface area contributed by atoms with Crippen molar-refractivity contribution in [3.05, 3.63) is 76.1 Å². The average Bonchev–Trinajstić information content (AvgIpc) is 2.82. The second-order valence-corrected chi connectivity index (χ2v) is 9.94. The lowest BCUT2D eigenvalue weighted by Crippen LogP contribution is -2.57. The van der Waals surface area contributed by atoms with Gasteiger partial charge in [0.2, 0.25) is 0 Å². The Morgan fingerprint density at radius 1 is 0.971 bits per heavy atom. The molecule has 2 aromatic rings. The molecule has 6 unspecified atom stereocenters. The van der Waals surface area contributed by atoms with E-state index in [1.165, 1.54) is 0 Å². The van der Waals surface area contributed by atoms with Crippen LogP contribution >= 0.6 is 0 Å². The summed E-state index contributed by atoms with van der Waals surface area (Å²) in [6, 6.07) is 12.4. The van der Waals surface area contributed by atoms with Gasteiger partial charge in [-0.05, 0) is 29.9 Å². The monoisotopic (exact) mass is 472 g/mol. The molecule has 6 N–H and O–H groups in total. The van der Waals surface area contributed by atoms with E-state index in [0.717, 1.165) is 5.56 Å². The number of aliphatic hydroxyl groups excluding tert-OH is 1. The Balaban J connectivity index is 1.72. The van der Waals surface area contributed by atoms with E-state index in [1.54, 1.807) is 13.8 Å². The van der Waals surface area contributed by atoms with Gasteiger partial charge in [-0.25, -0.2) is 0 Å². The number of amides is 1. The van der Waals surface area contributed by atoms with Crippen LogP contribution in [0.3, 0.4) is 0 Å². The van der Waals surface area contributed by atoms with Crippen LogP contribution in [0.5, 0.6) is 5.75 Å². The molecule has 0 bridgehead atoms. The molecule has 0 radical (unpaired) electrons. The summed E-state index contributed by atoms with van der Waals surface area (Å²) in [4.78, 5) is 39.3. The summed E-state index contributed by atoms with van der Waals surface area (Å²) in [5.41, 5.74) is 14.9. The van der Waals surface area contributed by atoms with Gasteiger partial charge in [0.05, 0.1) is 5.56 Å². The van der Waals surface area contributed by atoms with Crippen molar-refractivity contribution >= 4 is 17.5 Å². The lowest BCUT2D eigenvalue weighted by molar-refractivity contribution is -0.126. The number of hydrogen-bond donors (Lipinski definition) is 4. The van der Waals surface area contributed by atoms with Crippen LogP contribution < -0.4 is 11.5 Å². The number of benzene rings is 2. The number of nitrogens with two attached hydrogens (primary N) is 2. The summed E-state index contributed by atoms with van der Waals surface area (Å²) >= 11 is 0. The second kappa shape index (κ2) is 7.92. The highest BCUT2D eigenvalue weighted by molar-refractivity contribution is 6.22. The van der Waals surface area contributed by atoms with E-state index < -0.39 is 47.0 Å². The van der Waals surface area contributed by atoms with Crippen molar-refractivity contribution in [2.24, 2.45) is 35.1 Å². The van der Waals surface area contributed by atoms with Crippen LogP contribution in [-0.4, -0.2) is 33.7 Å². The zero-order valence-electron chi connectivity index (χ0n) is 19.8. The van der Waals surface area contributed by atoms with Crippen molar-refractivity contribution in [3.63, 3.8) is 0 Å². The molecule has 0 heterocycles. The fraction of sp³-hybridized carbons (Fsp3) is 0.321. The predicted octanol–water partition coefficient (Wildman–Crippen LogP) is 3.38. The molecular weight excluding hydrogens is 444 g/mol. The minimum Gasteiger partial charge on any atom is -0.511 e. The average molecular weight is 473 g/mol. The molecule has 5 rings (SSSR count). The fourth-order valence-electron chi connectivity index (χ4n) is 6.62. The van der Waals surface area contributed by atoms with Crippen molar-refractivity contribution in [1.29, 1.82) is 0 Å². The first-order valence-electron chi connectivity index (χ1n) is 11.8. The molecule has 6 atom stereocenters. The van der Waals surface area contributed by atoms with Crippen LogP contribution in [0.1, 0.15) is 42.6 Å². The Morgan fingerprint density at radius 3 is 2.26 bits per heavy atom. The molecule has 3 aliphatic rings. The van der Waals surface area contributed by atoms with E-state index in [1.807, 2.05) is 49.4 Å². The van der Waals surface area contributed by atoms with Crippen LogP contribution in [0.15, 0.2) is 64.9 Å². The number of ketones is 2. The van der Waals surface area contributed by atoms with Crippen molar-refractivity contribution in [2.45, 2.75) is 32.7 Å². The highest BCUT2D eigenvalue weighted by Crippen LogP contribution is 2.55. The summed E-state index contributed by atoms with van der Waals surface area (Å²) < 4.78 is 0. The summed E-state index contributed by atoms with van der Waals surface area (Å²) in [6.45, 7) is 5.40. The molecule has 0 spiro atoms. The van der Waals surface area contributed by atoms with Crippen LogP contribution in [0.2, 0.25) is 0 Å². The number of carbonyl (C=O) groups excluding carboxylic acids is 3. The van der Waals surface area contributed by atoms with Crippen molar-refractivity contribution < 1.29 is 24.6 Å². The molecule has 7 heteroatoms. The maximum absolute atomic E-state index is 14.0. The molecule has 0 fully saturated rings. The molecule has 3 aliphatic carbocycles. The minimum atomic E-state index is -0.995. The Kier molecular flexibility index (Phi) is 5.21. The molecule has 0 aliphatic heterocycles. The molecule has 35 heavy (non-hydrogen) atoms. The van der Waals surface area contributed by atoms with Gasteiger partial charge in [-0.3, -0.25) is 14.4 Å². The van der Waals surface area contributed by atoms with E-state index in [2.05, 4.69) is 0 Å². The number of Topliss-reactive ketones (excluding diaryl/α,β-unsaturated/α-hetero) is 2. The van der Waals surface area contributed by atoms with Crippen molar-refractivity contribution in [3.8, 4) is 16.9 Å². The molecule has 1 amide bonds. The van der Waals surface area contributed by atoms with Gasteiger partial charge in [-0.1, -0.05) is 61.9 Å². The number of fused-ring (bicyclic) bond motifs is 3. The number of primary amides is 1. The quantitative estimate of drug-likeness (QED) is 0.493. The normalized spacial score (nSPS) is 30.1. The summed E-state index contributed by atoms with van der Waals surface area (Å²) in [6.07, 6.45) is 0. The van der Waals surface area contributed by atoms with Gasteiger partial charge in [-0.2, -0.15) is 0 Å². The largest absolute Gasteiger partial charge is 0.511 e. The number of aromatic hydroxyl groups is 1. The standard InChI is InChI=1S/C28H28N2O5/c1-11-15-9-10-16(14-7-5-4-6-8-14)25(32)21(15)26(33)19-12(2)20-18(23(29)17(11)19)13(3)24(31)22(27(20)34)28(30)35/h4-11,13,17-18,20,23,31-32H,29H2,1-3H3,(H2,30,35). The smallest absolute Gasteiger partial charge is 0.255 e. The van der Waals surface area contributed by atoms with Gasteiger partial charge >= 0.3 is 0 Å². The Labute approximate surface area is 203 Å². The van der Waals surface area contributed by atoms with E-state index in [-0.39, 0.29) is 28.8 Å². The van der Waals surface area contributed by atoms with Gasteiger partial charge in [0.1, 0.15) is 17.1 Å². The van der Waals surface area contributed by atoms with E-state index in [9.17, 15) is 24.6 Å². The summed E-state index contributed by atoms with van der Waals surface area (Å²) in [7, 11) is 0. The van der Waals surface area contributed by atoms with E-state index >= 15 is 0 Å². The Hall–Kier alpha value is -3.71. The fourth-order valence-corrected chi connectivity index (χ4v) is 6.62. The van der Waals surface area contributed by atoms with Gasteiger partial charge in [0.25, 0.3) is 5.91 Å². The van der Waals surface area contributed by atoms with Crippen molar-refractivity contribution in [1.82, 2.24) is 0 Å². The lowest BCUT2D eigenvalue weighted by Gasteiger charge is -2.50. The van der Waals surface area contributed by atoms with Gasteiger partial charge in [0.15, 0.2) is 11.6 Å². The van der Waals surface area contributed by atoms with Crippen LogP contribution in [0.4, 0.5) is 0 Å². The lowest BCUT2D eigenvalue weighted by atomic mass is 9.54. The summed E-state index contributed by atoms with van der Waals surface area (Å²) in [5.74, 6) is -4.93. The first-order valence-corrected chi connectivity index (χ1v) is 11.8. The number of carbonyl (C=O) groups is 3. The maximum atomic E-state index is 14.0. The van der Waals surface area contributed by atoms with E-state index in [4.69, 9.17) is 11.5 Å². The number of phenols is 1. The number of allylic oxidation sites excluding steroid dienone is 2. The molecule has 7 nitrogen and oxygen atoms in total. The molecule has 2 aromatic carbocycles. The van der Waals surface area contributed by atoms with Crippen LogP contribution in [-0.2, 0) is 9.59 Å². The SMILES string of the molecule is CC1=C2C(=O)c3c(ccc(-c4ccccc4)c3O)C(C)C2C(N)C2C(C)C(O)=C(C(N)=O)C(=O)C12. The number of phenolic OH excluding ortho intramolecular Hbond substituents is 1. The second-order valence-electron chi connectivity index (χ2n) is 9.94. The highest BCUT2D eigenvalue weighted by Gasteiger charge is 2.56. The Bertz CT molecular complexity index is 1360. The van der Waals surface area contributed by atoms with Gasteiger partial charge < -0.3 is 21.7 Å². The van der Waals surface area contributed by atoms with E-state index in [0.29, 0.717) is 22.3 Å². The number of rotatable bonds is 2. The first-order chi connectivity index (χ1) is 16.6. The zero-order valence-corrected chi connectivity index (χ0v) is 19.8. The highest BCUT2D eigenvalue weighted by atomic mass is 16.3. The Morgan fingerprint density at radius 2 is 1.63 bits per heavy atom. The number of hydrogen-bond acceptors (Lipinski definition) is 6. The molecular formula is C28H28N2O5. The van der Waals surface area contributed by atoms with Crippen LogP contribution in [0.25, 0.3) is 11.1 Å². The third-order valence-electron chi connectivity index (χ3n) is 8.30. The van der Waals surface area contributed by atoms with Crippen LogP contribution in [0, 0.1) is 23.7 Å². The van der Waals surface area contributed by atoms with Gasteiger partial charge in [-0.15, -0.1) is 0 Å². The molecule has 0 saturated carbocycles. The molecule has 180 valence electrons. The minimum absolute atomic E-state index is 0.0984. The van der Waals surface area contributed by atoms with Gasteiger partial charge in [0, 0.05) is 34.9 Å². The van der Waals surface area contributed by atoms with Crippen molar-refractivity contribution in [2.75, 3.05) is 0 Å². The molecule has 0 aromatic heterocycles. The summed E-state index contributed by atoms with van der Waals surface area (Å²) in [5, 5.41) is 21.9. The third kappa shape index (κ3) is 3.04. The molecule has 0 saturated heterocycles. The maximum Gasteiger partial charge on any atom is 0.255 e. The third-order valence-corrected chi connectivity index (χ3v) is 8.30. The zero-order chi connectivity index (χ0) is 25.3. The first kappa shape index (κ1) is 23.1.